The molecule has 0 saturated carbocycles. The van der Waals surface area contributed by atoms with E-state index in [2.05, 4.69) is 27.4 Å². The van der Waals surface area contributed by atoms with Gasteiger partial charge in [0, 0.05) is 24.4 Å². The highest BCUT2D eigenvalue weighted by atomic mass is 35.5. The number of thioether (sulfide) groups is 1. The van der Waals surface area contributed by atoms with E-state index in [0.717, 1.165) is 28.6 Å². The highest BCUT2D eigenvalue weighted by molar-refractivity contribution is 7.99. The van der Waals surface area contributed by atoms with E-state index in [0.29, 0.717) is 17.5 Å². The predicted octanol–water partition coefficient (Wildman–Crippen LogP) is 4.55. The molecule has 0 radical (unpaired) electrons. The molecule has 2 aromatic carbocycles. The molecule has 1 aromatic heterocycles. The van der Waals surface area contributed by atoms with Gasteiger partial charge in [0.15, 0.2) is 5.16 Å². The zero-order chi connectivity index (χ0) is 25.5. The molecule has 2 N–H and O–H groups in total. The molecule has 0 aliphatic heterocycles. The largest absolute Gasteiger partial charge is 0.325 e. The van der Waals surface area contributed by atoms with Gasteiger partial charge in [-0.05, 0) is 31.5 Å². The number of aromatic nitrogens is 3. The van der Waals surface area contributed by atoms with Gasteiger partial charge in [-0.3, -0.25) is 19.7 Å². The van der Waals surface area contributed by atoms with E-state index >= 15 is 0 Å². The molecule has 35 heavy (non-hydrogen) atoms. The highest BCUT2D eigenvalue weighted by Gasteiger charge is 2.18. The predicted molar refractivity (Wildman–Crippen MR) is 136 cm³/mol. The van der Waals surface area contributed by atoms with E-state index in [4.69, 9.17) is 11.6 Å². The standard InChI is InChI=1S/C23H23ClN6O4S/c1-4-9-29-20(12-21(31)25-18-8-5-14(2)10-15(18)3)27-28-23(29)35-13-22(32)26-19-11-16(30(33)34)6-7-17(19)24/h4-8,10-11H,1,9,12-13H2,2-3H3,(H,25,31)(H,26,32). The van der Waals surface area contributed by atoms with Gasteiger partial charge in [0.05, 0.1) is 27.8 Å². The molecule has 1 heterocycles. The Morgan fingerprint density at radius 1 is 1.14 bits per heavy atom. The van der Waals surface area contributed by atoms with Crippen molar-refractivity contribution in [3.8, 4) is 0 Å². The Labute approximate surface area is 210 Å². The van der Waals surface area contributed by atoms with E-state index in [1.54, 1.807) is 10.6 Å². The summed E-state index contributed by atoms with van der Waals surface area (Å²) in [7, 11) is 0. The first kappa shape index (κ1) is 25.9. The van der Waals surface area contributed by atoms with Crippen molar-refractivity contribution >= 4 is 52.2 Å². The highest BCUT2D eigenvalue weighted by Crippen LogP contribution is 2.27. The maximum atomic E-state index is 12.6. The van der Waals surface area contributed by atoms with Crippen molar-refractivity contribution in [2.24, 2.45) is 0 Å². The number of nitro benzene ring substituents is 1. The van der Waals surface area contributed by atoms with Gasteiger partial charge in [-0.1, -0.05) is 47.1 Å². The quantitative estimate of drug-likeness (QED) is 0.175. The number of nitrogens with one attached hydrogen (secondary N) is 2. The lowest BCUT2D eigenvalue weighted by Gasteiger charge is -2.10. The molecule has 0 spiro atoms. The average Bonchev–Trinajstić information content (AvgIpc) is 3.17. The Kier molecular flexibility index (Phi) is 8.61. The smallest absolute Gasteiger partial charge is 0.271 e. The van der Waals surface area contributed by atoms with Crippen LogP contribution in [0.1, 0.15) is 17.0 Å². The summed E-state index contributed by atoms with van der Waals surface area (Å²) in [4.78, 5) is 35.4. The van der Waals surface area contributed by atoms with Gasteiger partial charge in [-0.15, -0.1) is 16.8 Å². The number of carbonyl (C=O) groups excluding carboxylic acids is 2. The number of hydrogen-bond donors (Lipinski definition) is 2. The van der Waals surface area contributed by atoms with Crippen LogP contribution in [0.2, 0.25) is 5.02 Å². The lowest BCUT2D eigenvalue weighted by Crippen LogP contribution is -2.18. The summed E-state index contributed by atoms with van der Waals surface area (Å²) >= 11 is 7.14. The van der Waals surface area contributed by atoms with Gasteiger partial charge in [-0.25, -0.2) is 0 Å². The van der Waals surface area contributed by atoms with Gasteiger partial charge in [0.1, 0.15) is 5.82 Å². The molecule has 2 amide bonds. The van der Waals surface area contributed by atoms with Crippen LogP contribution in [0.3, 0.4) is 0 Å². The Morgan fingerprint density at radius 3 is 2.57 bits per heavy atom. The van der Waals surface area contributed by atoms with Crippen LogP contribution < -0.4 is 10.6 Å². The van der Waals surface area contributed by atoms with Crippen molar-refractivity contribution in [2.75, 3.05) is 16.4 Å². The van der Waals surface area contributed by atoms with E-state index in [1.165, 1.54) is 18.2 Å². The summed E-state index contributed by atoms with van der Waals surface area (Å²) in [5, 5.41) is 25.2. The molecule has 0 atom stereocenters. The minimum absolute atomic E-state index is 0.00972. The third-order valence-electron chi connectivity index (χ3n) is 4.85. The van der Waals surface area contributed by atoms with Crippen molar-refractivity contribution in [1.82, 2.24) is 14.8 Å². The zero-order valence-corrected chi connectivity index (χ0v) is 20.7. The monoisotopic (exact) mass is 514 g/mol. The van der Waals surface area contributed by atoms with Crippen molar-refractivity contribution in [2.45, 2.75) is 32.0 Å². The second kappa shape index (κ2) is 11.6. The summed E-state index contributed by atoms with van der Waals surface area (Å²) < 4.78 is 1.70. The van der Waals surface area contributed by atoms with Crippen molar-refractivity contribution in [3.05, 3.63) is 81.1 Å². The number of aryl methyl sites for hydroxylation is 2. The van der Waals surface area contributed by atoms with Crippen LogP contribution in [0.25, 0.3) is 0 Å². The summed E-state index contributed by atoms with van der Waals surface area (Å²) in [5.74, 6) is -0.302. The number of benzene rings is 2. The molecule has 182 valence electrons. The van der Waals surface area contributed by atoms with Crippen LogP contribution in [0.4, 0.5) is 17.1 Å². The summed E-state index contributed by atoms with van der Waals surface area (Å²) in [5.41, 5.74) is 2.73. The van der Waals surface area contributed by atoms with Crippen molar-refractivity contribution < 1.29 is 14.5 Å². The van der Waals surface area contributed by atoms with E-state index in [1.807, 2.05) is 32.0 Å². The second-order valence-corrected chi connectivity index (χ2v) is 8.95. The molecule has 0 unspecified atom stereocenters. The number of amides is 2. The number of nitrogens with zero attached hydrogens (tertiary/aromatic N) is 4. The lowest BCUT2D eigenvalue weighted by molar-refractivity contribution is -0.384. The first-order chi connectivity index (χ1) is 16.7. The first-order valence-corrected chi connectivity index (χ1v) is 11.8. The maximum Gasteiger partial charge on any atom is 0.271 e. The third-order valence-corrected chi connectivity index (χ3v) is 6.14. The Balaban J connectivity index is 1.65. The van der Waals surface area contributed by atoms with Crippen LogP contribution >= 0.6 is 23.4 Å². The van der Waals surface area contributed by atoms with Gasteiger partial charge in [0.25, 0.3) is 5.69 Å². The molecular formula is C23H23ClN6O4S. The van der Waals surface area contributed by atoms with Crippen molar-refractivity contribution in [1.29, 1.82) is 0 Å². The molecule has 10 nitrogen and oxygen atoms in total. The van der Waals surface area contributed by atoms with Crippen molar-refractivity contribution in [3.63, 3.8) is 0 Å². The fourth-order valence-corrected chi connectivity index (χ4v) is 4.13. The summed E-state index contributed by atoms with van der Waals surface area (Å²) in [6, 6.07) is 9.54. The number of nitro groups is 1. The minimum Gasteiger partial charge on any atom is -0.325 e. The number of allylic oxidation sites excluding steroid dienone is 1. The SMILES string of the molecule is C=CCn1c(CC(=O)Nc2ccc(C)cc2C)nnc1SCC(=O)Nc1cc([N+](=O)[O-])ccc1Cl. The molecule has 0 fully saturated rings. The lowest BCUT2D eigenvalue weighted by atomic mass is 10.1. The van der Waals surface area contributed by atoms with E-state index in [9.17, 15) is 19.7 Å². The zero-order valence-electron chi connectivity index (χ0n) is 19.1. The van der Waals surface area contributed by atoms with Gasteiger partial charge in [0.2, 0.25) is 11.8 Å². The number of hydrogen-bond acceptors (Lipinski definition) is 7. The molecule has 3 rings (SSSR count). The van der Waals surface area contributed by atoms with E-state index in [-0.39, 0.29) is 34.5 Å². The molecule has 0 aliphatic rings. The Hall–Kier alpha value is -3.70. The Bertz CT molecular complexity index is 1290. The van der Waals surface area contributed by atoms with Crippen LogP contribution in [0.5, 0.6) is 0 Å². The number of carbonyl (C=O) groups is 2. The van der Waals surface area contributed by atoms with Gasteiger partial charge in [-0.2, -0.15) is 0 Å². The van der Waals surface area contributed by atoms with Gasteiger partial charge < -0.3 is 15.2 Å². The van der Waals surface area contributed by atoms with Crippen LogP contribution in [0, 0.1) is 24.0 Å². The van der Waals surface area contributed by atoms with Crippen LogP contribution in [-0.2, 0) is 22.6 Å². The molecule has 3 aromatic rings. The number of anilines is 2. The summed E-state index contributed by atoms with van der Waals surface area (Å²) in [6.07, 6.45) is 1.63. The fraction of sp³-hybridized carbons (Fsp3) is 0.217. The average molecular weight is 515 g/mol. The molecular weight excluding hydrogens is 492 g/mol. The third kappa shape index (κ3) is 6.90. The number of rotatable bonds is 10. The van der Waals surface area contributed by atoms with Crippen LogP contribution in [0.15, 0.2) is 54.2 Å². The molecule has 0 bridgehead atoms. The second-order valence-electron chi connectivity index (χ2n) is 7.60. The number of halogens is 1. The Morgan fingerprint density at radius 2 is 1.89 bits per heavy atom. The summed E-state index contributed by atoms with van der Waals surface area (Å²) in [6.45, 7) is 7.98. The first-order valence-electron chi connectivity index (χ1n) is 10.4. The van der Waals surface area contributed by atoms with Gasteiger partial charge >= 0.3 is 0 Å². The minimum atomic E-state index is -0.573. The van der Waals surface area contributed by atoms with E-state index < -0.39 is 10.8 Å². The molecule has 12 heteroatoms. The molecule has 0 saturated heterocycles. The number of non-ortho nitro benzene ring substituents is 1. The topological polar surface area (TPSA) is 132 Å². The fourth-order valence-electron chi connectivity index (χ4n) is 3.20. The molecule has 0 aliphatic carbocycles. The maximum absolute atomic E-state index is 12.6. The normalized spacial score (nSPS) is 10.6. The van der Waals surface area contributed by atoms with Crippen LogP contribution in [-0.4, -0.2) is 37.3 Å².